The van der Waals surface area contributed by atoms with Crippen LogP contribution in [0.25, 0.3) is 0 Å². The summed E-state index contributed by atoms with van der Waals surface area (Å²) in [5.74, 6) is 0.883. The molecule has 20 heavy (non-hydrogen) atoms. The molecule has 2 nitrogen and oxygen atoms in total. The number of methoxy groups -OCH3 is 1. The summed E-state index contributed by atoms with van der Waals surface area (Å²) in [6.45, 7) is 4.15. The van der Waals surface area contributed by atoms with Crippen molar-refractivity contribution >= 4 is 38.5 Å². The zero-order valence-electron chi connectivity index (χ0n) is 11.7. The number of benzene rings is 2. The van der Waals surface area contributed by atoms with Crippen LogP contribution < -0.4 is 10.5 Å². The summed E-state index contributed by atoms with van der Waals surface area (Å²) in [4.78, 5) is 0. The minimum Gasteiger partial charge on any atom is -0.496 e. The van der Waals surface area contributed by atoms with Crippen LogP contribution in [-0.4, -0.2) is 7.11 Å². The molecule has 0 saturated heterocycles. The van der Waals surface area contributed by atoms with Gasteiger partial charge in [-0.3, -0.25) is 0 Å². The second kappa shape index (κ2) is 6.45. The zero-order chi connectivity index (χ0) is 14.9. The maximum Gasteiger partial charge on any atom is 0.127 e. The Hall–Kier alpha value is -0.590. The first kappa shape index (κ1) is 15.8. The van der Waals surface area contributed by atoms with E-state index in [4.69, 9.17) is 10.5 Å². The third kappa shape index (κ3) is 3.02. The molecule has 0 saturated carbocycles. The Labute approximate surface area is 142 Å². The van der Waals surface area contributed by atoms with Crippen LogP contribution in [0, 0.1) is 17.4 Å². The van der Waals surface area contributed by atoms with E-state index in [1.165, 1.54) is 5.56 Å². The number of aryl methyl sites for hydroxylation is 1. The quantitative estimate of drug-likeness (QED) is 0.693. The van der Waals surface area contributed by atoms with Gasteiger partial charge in [0.05, 0.1) is 13.2 Å². The van der Waals surface area contributed by atoms with E-state index in [1.54, 1.807) is 7.11 Å². The Balaban J connectivity index is 2.56. The highest BCUT2D eigenvalue weighted by atomic mass is 127. The molecule has 0 radical (unpaired) electrons. The highest BCUT2D eigenvalue weighted by Crippen LogP contribution is 2.35. The van der Waals surface area contributed by atoms with Gasteiger partial charge in [0.25, 0.3) is 0 Å². The van der Waals surface area contributed by atoms with E-state index < -0.39 is 0 Å². The molecular formula is C16H17BrINO. The smallest absolute Gasteiger partial charge is 0.127 e. The molecule has 1 atom stereocenters. The Kier molecular flexibility index (Phi) is 5.09. The predicted molar refractivity (Wildman–Crippen MR) is 95.4 cm³/mol. The van der Waals surface area contributed by atoms with Gasteiger partial charge in [0.15, 0.2) is 0 Å². The summed E-state index contributed by atoms with van der Waals surface area (Å²) in [5, 5.41) is 0. The number of hydrogen-bond donors (Lipinski definition) is 1. The molecule has 0 spiro atoms. The van der Waals surface area contributed by atoms with Gasteiger partial charge in [-0.25, -0.2) is 0 Å². The van der Waals surface area contributed by atoms with Gasteiger partial charge in [0, 0.05) is 13.6 Å². The van der Waals surface area contributed by atoms with Crippen LogP contribution in [-0.2, 0) is 0 Å². The van der Waals surface area contributed by atoms with Crippen LogP contribution in [0.2, 0.25) is 0 Å². The lowest BCUT2D eigenvalue weighted by Crippen LogP contribution is -2.15. The van der Waals surface area contributed by atoms with Gasteiger partial charge < -0.3 is 10.5 Å². The monoisotopic (exact) mass is 445 g/mol. The van der Waals surface area contributed by atoms with Gasteiger partial charge in [-0.1, -0.05) is 28.1 Å². The third-order valence-corrected chi connectivity index (χ3v) is 5.02. The summed E-state index contributed by atoms with van der Waals surface area (Å²) in [5.41, 5.74) is 10.9. The normalized spacial score (nSPS) is 12.3. The van der Waals surface area contributed by atoms with Crippen molar-refractivity contribution in [3.05, 3.63) is 60.6 Å². The molecule has 0 aliphatic heterocycles. The summed E-state index contributed by atoms with van der Waals surface area (Å²) in [6, 6.07) is 10.1. The molecule has 0 bridgehead atoms. The van der Waals surface area contributed by atoms with E-state index in [0.29, 0.717) is 0 Å². The molecule has 2 N–H and O–H groups in total. The largest absolute Gasteiger partial charge is 0.496 e. The maximum atomic E-state index is 6.48. The molecule has 2 rings (SSSR count). The molecule has 4 heteroatoms. The highest BCUT2D eigenvalue weighted by Gasteiger charge is 2.18. The average Bonchev–Trinajstić information content (AvgIpc) is 2.43. The average molecular weight is 446 g/mol. The Bertz CT molecular complexity index is 643. The second-order valence-electron chi connectivity index (χ2n) is 4.77. The zero-order valence-corrected chi connectivity index (χ0v) is 15.4. The van der Waals surface area contributed by atoms with E-state index >= 15 is 0 Å². The Morgan fingerprint density at radius 2 is 1.85 bits per heavy atom. The maximum absolute atomic E-state index is 6.48. The number of rotatable bonds is 3. The molecule has 0 heterocycles. The minimum absolute atomic E-state index is 0.200. The molecule has 1 unspecified atom stereocenters. The molecule has 0 aliphatic rings. The van der Waals surface area contributed by atoms with Gasteiger partial charge >= 0.3 is 0 Å². The summed E-state index contributed by atoms with van der Waals surface area (Å²) >= 11 is 5.83. The van der Waals surface area contributed by atoms with Crippen molar-refractivity contribution in [2.45, 2.75) is 19.9 Å². The van der Waals surface area contributed by atoms with Crippen LogP contribution in [0.15, 0.2) is 34.8 Å². The molecule has 0 amide bonds. The number of ether oxygens (including phenoxy) is 1. The molecule has 2 aromatic rings. The van der Waals surface area contributed by atoms with Gasteiger partial charge in [0.2, 0.25) is 0 Å². The van der Waals surface area contributed by atoms with E-state index in [1.807, 2.05) is 6.07 Å². The topological polar surface area (TPSA) is 35.2 Å². The van der Waals surface area contributed by atoms with Crippen LogP contribution in [0.5, 0.6) is 5.75 Å². The fraction of sp³-hybridized carbons (Fsp3) is 0.250. The van der Waals surface area contributed by atoms with Crippen molar-refractivity contribution in [2.75, 3.05) is 7.11 Å². The van der Waals surface area contributed by atoms with E-state index in [9.17, 15) is 0 Å². The van der Waals surface area contributed by atoms with E-state index in [-0.39, 0.29) is 6.04 Å². The van der Waals surface area contributed by atoms with Crippen LogP contribution >= 0.6 is 38.5 Å². The number of hydrogen-bond acceptors (Lipinski definition) is 2. The van der Waals surface area contributed by atoms with Crippen molar-refractivity contribution in [3.63, 3.8) is 0 Å². The van der Waals surface area contributed by atoms with Crippen molar-refractivity contribution in [3.8, 4) is 5.75 Å². The van der Waals surface area contributed by atoms with E-state index in [2.05, 4.69) is 76.6 Å². The fourth-order valence-corrected chi connectivity index (χ4v) is 3.30. The second-order valence-corrected chi connectivity index (χ2v) is 6.85. The lowest BCUT2D eigenvalue weighted by Gasteiger charge is -2.20. The van der Waals surface area contributed by atoms with Crippen molar-refractivity contribution in [1.29, 1.82) is 0 Å². The third-order valence-electron chi connectivity index (χ3n) is 3.54. The van der Waals surface area contributed by atoms with Crippen LogP contribution in [0.1, 0.15) is 28.3 Å². The highest BCUT2D eigenvalue weighted by molar-refractivity contribution is 14.1. The molecule has 106 valence electrons. The van der Waals surface area contributed by atoms with Gasteiger partial charge in [-0.05, 0) is 71.3 Å². The Morgan fingerprint density at radius 3 is 2.50 bits per heavy atom. The molecule has 0 aromatic heterocycles. The summed E-state index contributed by atoms with van der Waals surface area (Å²) < 4.78 is 7.76. The van der Waals surface area contributed by atoms with Gasteiger partial charge in [0.1, 0.15) is 5.75 Å². The molecule has 2 aromatic carbocycles. The van der Waals surface area contributed by atoms with Crippen molar-refractivity contribution in [2.24, 2.45) is 5.73 Å². The number of halogens is 2. The molecule has 0 aliphatic carbocycles. The van der Waals surface area contributed by atoms with Gasteiger partial charge in [-0.2, -0.15) is 0 Å². The first-order chi connectivity index (χ1) is 9.45. The van der Waals surface area contributed by atoms with Crippen molar-refractivity contribution < 1.29 is 4.74 Å². The minimum atomic E-state index is -0.200. The lowest BCUT2D eigenvalue weighted by atomic mass is 9.95. The number of nitrogens with two attached hydrogens (primary N) is 1. The molecule has 0 fully saturated rings. The fourth-order valence-electron chi connectivity index (χ4n) is 2.25. The SMILES string of the molecule is COc1c(C(N)c2cc(Br)ccc2I)ccc(C)c1C. The van der Waals surface area contributed by atoms with E-state index in [0.717, 1.165) is 30.5 Å². The summed E-state index contributed by atoms with van der Waals surface area (Å²) in [7, 11) is 1.70. The first-order valence-electron chi connectivity index (χ1n) is 6.30. The lowest BCUT2D eigenvalue weighted by molar-refractivity contribution is 0.404. The summed E-state index contributed by atoms with van der Waals surface area (Å²) in [6.07, 6.45) is 0. The first-order valence-corrected chi connectivity index (χ1v) is 8.17. The van der Waals surface area contributed by atoms with Crippen LogP contribution in [0.3, 0.4) is 0 Å². The standard InChI is InChI=1S/C16H17BrINO/c1-9-4-6-12(16(20-3)10(9)2)15(19)13-8-11(17)5-7-14(13)18/h4-8,15H,19H2,1-3H3. The predicted octanol–water partition coefficient (Wildman–Crippen LogP) is 4.73. The molecular weight excluding hydrogens is 429 g/mol. The van der Waals surface area contributed by atoms with Crippen molar-refractivity contribution in [1.82, 2.24) is 0 Å². The van der Waals surface area contributed by atoms with Crippen LogP contribution in [0.4, 0.5) is 0 Å². The Morgan fingerprint density at radius 1 is 1.15 bits per heavy atom. The van der Waals surface area contributed by atoms with Gasteiger partial charge in [-0.15, -0.1) is 0 Å².